The maximum atomic E-state index is 14.1. The Hall–Kier alpha value is -1.28. The van der Waals surface area contributed by atoms with E-state index in [0.29, 0.717) is 0 Å². The van der Waals surface area contributed by atoms with E-state index in [1.165, 1.54) is 32.9 Å². The third-order valence-corrected chi connectivity index (χ3v) is 4.72. The lowest BCUT2D eigenvalue weighted by atomic mass is 9.86. The lowest BCUT2D eigenvalue weighted by molar-refractivity contribution is -0.144. The molecule has 1 rings (SSSR count). The van der Waals surface area contributed by atoms with E-state index in [2.05, 4.69) is 0 Å². The van der Waals surface area contributed by atoms with Gasteiger partial charge in [0.25, 0.3) is 0 Å². The van der Waals surface area contributed by atoms with E-state index in [1.807, 2.05) is 4.72 Å². The van der Waals surface area contributed by atoms with Crippen molar-refractivity contribution in [1.82, 2.24) is 4.72 Å². The van der Waals surface area contributed by atoms with Crippen molar-refractivity contribution in [2.75, 3.05) is 6.67 Å². The molecule has 22 heavy (non-hydrogen) atoms. The average molecular weight is 339 g/mol. The van der Waals surface area contributed by atoms with Gasteiger partial charge in [0.2, 0.25) is 0 Å². The normalized spacial score (nSPS) is 16.9. The van der Waals surface area contributed by atoms with Gasteiger partial charge >= 0.3 is 5.92 Å². The average Bonchev–Trinajstić information content (AvgIpc) is 2.44. The van der Waals surface area contributed by atoms with Crippen LogP contribution in [0.4, 0.5) is 17.6 Å². The first-order valence-electron chi connectivity index (χ1n) is 6.36. The molecular formula is C14H17F4NO2S. The first-order chi connectivity index (χ1) is 10.0. The highest BCUT2D eigenvalue weighted by molar-refractivity contribution is 7.84. The predicted octanol–water partition coefficient (Wildman–Crippen LogP) is 2.88. The van der Waals surface area contributed by atoms with E-state index in [0.717, 1.165) is 12.1 Å². The first-order valence-corrected chi connectivity index (χ1v) is 7.51. The fourth-order valence-corrected chi connectivity index (χ4v) is 2.63. The van der Waals surface area contributed by atoms with E-state index in [1.54, 1.807) is 0 Å². The zero-order valence-corrected chi connectivity index (χ0v) is 13.1. The van der Waals surface area contributed by atoms with Crippen molar-refractivity contribution in [2.24, 2.45) is 0 Å². The smallest absolute Gasteiger partial charge is 0.297 e. The number of hydrogen-bond donors (Lipinski definition) is 1. The molecule has 0 aliphatic carbocycles. The van der Waals surface area contributed by atoms with Gasteiger partial charge in [-0.25, -0.2) is 17.7 Å². The monoisotopic (exact) mass is 339 g/mol. The summed E-state index contributed by atoms with van der Waals surface area (Å²) in [6.45, 7) is 2.60. The summed E-state index contributed by atoms with van der Waals surface area (Å²) in [6.07, 6.45) is -0.772. The third kappa shape index (κ3) is 3.38. The Morgan fingerprint density at radius 3 is 2.18 bits per heavy atom. The van der Waals surface area contributed by atoms with Crippen LogP contribution in [0.5, 0.6) is 0 Å². The number of aldehydes is 1. The zero-order chi connectivity index (χ0) is 17.2. The number of halogens is 4. The maximum absolute atomic E-state index is 14.1. The number of nitrogens with one attached hydrogen (secondary N) is 1. The van der Waals surface area contributed by atoms with Gasteiger partial charge in [-0.1, -0.05) is 18.2 Å². The molecule has 124 valence electrons. The molecule has 0 aromatic heterocycles. The zero-order valence-electron chi connectivity index (χ0n) is 12.3. The Kier molecular flexibility index (Phi) is 5.51. The Morgan fingerprint density at radius 2 is 1.77 bits per heavy atom. The van der Waals surface area contributed by atoms with Crippen LogP contribution in [0, 0.1) is 5.82 Å². The SMILES string of the molecule is CC(C)(C)[S@@](=O)N[C@](CF)(c1ccccc1F)C(F)(F)C=O. The minimum atomic E-state index is -4.30. The van der Waals surface area contributed by atoms with Gasteiger partial charge in [0, 0.05) is 5.56 Å². The summed E-state index contributed by atoms with van der Waals surface area (Å²) in [5, 5.41) is 0. The number of carbonyl (C=O) groups is 1. The molecule has 0 bridgehead atoms. The highest BCUT2D eigenvalue weighted by atomic mass is 32.2. The van der Waals surface area contributed by atoms with Gasteiger partial charge in [-0.2, -0.15) is 8.78 Å². The van der Waals surface area contributed by atoms with E-state index >= 15 is 0 Å². The molecule has 2 atom stereocenters. The van der Waals surface area contributed by atoms with Crippen LogP contribution in [0.25, 0.3) is 0 Å². The quantitative estimate of drug-likeness (QED) is 0.640. The molecule has 0 radical (unpaired) electrons. The van der Waals surface area contributed by atoms with Crippen LogP contribution in [-0.4, -0.2) is 27.8 Å². The minimum absolute atomic E-state index is 0.757. The van der Waals surface area contributed by atoms with Crippen molar-refractivity contribution in [2.45, 2.75) is 37.0 Å². The second-order valence-electron chi connectivity index (χ2n) is 5.74. The first kappa shape index (κ1) is 18.8. The van der Waals surface area contributed by atoms with Gasteiger partial charge in [-0.3, -0.25) is 4.79 Å². The van der Waals surface area contributed by atoms with Crippen LogP contribution in [0.2, 0.25) is 0 Å². The number of hydrogen-bond acceptors (Lipinski definition) is 2. The lowest BCUT2D eigenvalue weighted by Gasteiger charge is -2.38. The highest BCUT2D eigenvalue weighted by Crippen LogP contribution is 2.39. The van der Waals surface area contributed by atoms with Crippen molar-refractivity contribution < 1.29 is 26.6 Å². The molecular weight excluding hydrogens is 322 g/mol. The van der Waals surface area contributed by atoms with E-state index in [9.17, 15) is 26.6 Å². The fraction of sp³-hybridized carbons (Fsp3) is 0.500. The molecule has 0 aliphatic heterocycles. The number of carbonyl (C=O) groups excluding carboxylic acids is 1. The molecule has 1 aromatic carbocycles. The molecule has 0 spiro atoms. The van der Waals surface area contributed by atoms with Gasteiger partial charge in [-0.15, -0.1) is 0 Å². The number of benzene rings is 1. The third-order valence-electron chi connectivity index (χ3n) is 3.07. The van der Waals surface area contributed by atoms with Crippen LogP contribution in [0.15, 0.2) is 24.3 Å². The lowest BCUT2D eigenvalue weighted by Crippen LogP contribution is -2.61. The topological polar surface area (TPSA) is 46.2 Å². The molecule has 0 amide bonds. The minimum Gasteiger partial charge on any atom is -0.297 e. The van der Waals surface area contributed by atoms with Crippen molar-refractivity contribution in [3.05, 3.63) is 35.6 Å². The number of rotatable bonds is 6. The van der Waals surface area contributed by atoms with Gasteiger partial charge in [-0.05, 0) is 26.8 Å². The molecule has 3 nitrogen and oxygen atoms in total. The van der Waals surface area contributed by atoms with E-state index in [-0.39, 0.29) is 0 Å². The molecule has 0 aliphatic rings. The van der Waals surface area contributed by atoms with Crippen molar-refractivity contribution in [3.63, 3.8) is 0 Å². The summed E-state index contributed by atoms with van der Waals surface area (Å²) in [4.78, 5) is 10.8. The van der Waals surface area contributed by atoms with Gasteiger partial charge < -0.3 is 0 Å². The molecule has 8 heteroatoms. The van der Waals surface area contributed by atoms with Crippen molar-refractivity contribution in [1.29, 1.82) is 0 Å². The summed E-state index contributed by atoms with van der Waals surface area (Å²) < 4.78 is 68.8. The summed E-state index contributed by atoms with van der Waals surface area (Å²) in [6, 6.07) is 4.26. The fourth-order valence-electron chi connectivity index (χ4n) is 1.71. The van der Waals surface area contributed by atoms with Crippen LogP contribution < -0.4 is 4.72 Å². The summed E-state index contributed by atoms with van der Waals surface area (Å²) in [5.74, 6) is -5.43. The molecule has 0 saturated carbocycles. The second-order valence-corrected chi connectivity index (χ2v) is 7.71. The van der Waals surface area contributed by atoms with E-state index < -0.39 is 51.5 Å². The molecule has 0 unspecified atom stereocenters. The van der Waals surface area contributed by atoms with Crippen molar-refractivity contribution in [3.8, 4) is 0 Å². The Bertz CT molecular complexity index is 574. The Morgan fingerprint density at radius 1 is 1.23 bits per heavy atom. The Balaban J connectivity index is 3.54. The Labute approximate surface area is 128 Å². The van der Waals surface area contributed by atoms with Crippen molar-refractivity contribution >= 4 is 17.3 Å². The van der Waals surface area contributed by atoms with Crippen LogP contribution >= 0.6 is 0 Å². The number of alkyl halides is 3. The van der Waals surface area contributed by atoms with Gasteiger partial charge in [0.05, 0.1) is 15.7 Å². The summed E-state index contributed by atoms with van der Waals surface area (Å²) in [7, 11) is -2.16. The van der Waals surface area contributed by atoms with Crippen LogP contribution in [0.3, 0.4) is 0 Å². The van der Waals surface area contributed by atoms with Gasteiger partial charge in [0.15, 0.2) is 11.8 Å². The summed E-state index contributed by atoms with van der Waals surface area (Å²) in [5.41, 5.74) is -3.80. The molecule has 1 N–H and O–H groups in total. The molecule has 1 aromatic rings. The molecule has 0 saturated heterocycles. The van der Waals surface area contributed by atoms with Crippen LogP contribution in [0.1, 0.15) is 26.3 Å². The predicted molar refractivity (Wildman–Crippen MR) is 76.1 cm³/mol. The summed E-state index contributed by atoms with van der Waals surface area (Å²) >= 11 is 0. The van der Waals surface area contributed by atoms with E-state index in [4.69, 9.17) is 0 Å². The largest absolute Gasteiger partial charge is 0.327 e. The molecule has 0 heterocycles. The highest BCUT2D eigenvalue weighted by Gasteiger charge is 2.58. The van der Waals surface area contributed by atoms with Crippen LogP contribution in [-0.2, 0) is 21.3 Å². The second kappa shape index (κ2) is 6.45. The standard InChI is InChI=1S/C14H17F4NO2S/c1-12(2,3)22(21)19-13(8-15,14(17,18)9-20)10-6-4-5-7-11(10)16/h4-7,9,19H,8H2,1-3H3/t13-,22-/m1/s1. The van der Waals surface area contributed by atoms with Gasteiger partial charge in [0.1, 0.15) is 12.5 Å². The molecule has 0 fully saturated rings. The maximum Gasteiger partial charge on any atom is 0.327 e.